The molecule has 1 atom stereocenters. The largest absolute Gasteiger partial charge is 0.336 e. The molecule has 1 aromatic rings. The lowest BCUT2D eigenvalue weighted by molar-refractivity contribution is -0.135. The fourth-order valence-electron chi connectivity index (χ4n) is 3.35. The lowest BCUT2D eigenvalue weighted by Gasteiger charge is -2.40. The first-order valence-corrected chi connectivity index (χ1v) is 9.60. The van der Waals surface area contributed by atoms with Crippen LogP contribution in [-0.4, -0.2) is 62.3 Å². The average molecular weight is 392 g/mol. The smallest absolute Gasteiger partial charge is 0.246 e. The summed E-state index contributed by atoms with van der Waals surface area (Å²) in [5.74, 6) is -0.742. The van der Waals surface area contributed by atoms with Gasteiger partial charge in [-0.25, -0.2) is 12.8 Å². The fourth-order valence-corrected chi connectivity index (χ4v) is 5.01. The molecule has 0 saturated carbocycles. The van der Waals surface area contributed by atoms with Crippen LogP contribution >= 0.6 is 12.4 Å². The molecule has 3 rings (SSSR count). The van der Waals surface area contributed by atoms with E-state index in [0.29, 0.717) is 31.6 Å². The number of benzene rings is 1. The number of halogens is 2. The standard InChI is InChI=1S/C16H22FN3O3S.ClH/c1-12-4-5-14(17)15(9-12)24(22,23)19-7-2-3-13(11-19)20-8-6-18-10-16(20)21;/h4-5,9,13,18H,2-3,6-8,10-11H2,1H3;1H. The van der Waals surface area contributed by atoms with E-state index in [-0.39, 0.29) is 42.3 Å². The molecule has 0 spiro atoms. The second-order valence-corrected chi connectivity index (χ2v) is 8.26. The van der Waals surface area contributed by atoms with Crippen LogP contribution in [-0.2, 0) is 14.8 Å². The Morgan fingerprint density at radius 1 is 1.28 bits per heavy atom. The highest BCUT2D eigenvalue weighted by Gasteiger charge is 2.36. The van der Waals surface area contributed by atoms with Crippen LogP contribution in [0.2, 0.25) is 0 Å². The number of piperazine rings is 1. The number of sulfonamides is 1. The van der Waals surface area contributed by atoms with E-state index in [4.69, 9.17) is 0 Å². The number of carbonyl (C=O) groups is 1. The van der Waals surface area contributed by atoms with Crippen molar-refractivity contribution in [1.82, 2.24) is 14.5 Å². The Morgan fingerprint density at radius 3 is 2.76 bits per heavy atom. The first kappa shape index (κ1) is 20.1. The number of piperidine rings is 1. The molecule has 1 amide bonds. The highest BCUT2D eigenvalue weighted by Crippen LogP contribution is 2.25. The van der Waals surface area contributed by atoms with Crippen LogP contribution in [0.15, 0.2) is 23.1 Å². The zero-order valence-corrected chi connectivity index (χ0v) is 15.7. The van der Waals surface area contributed by atoms with Gasteiger partial charge in [0.25, 0.3) is 0 Å². The van der Waals surface area contributed by atoms with Gasteiger partial charge in [0.2, 0.25) is 15.9 Å². The van der Waals surface area contributed by atoms with Gasteiger partial charge >= 0.3 is 0 Å². The zero-order chi connectivity index (χ0) is 17.3. The molecule has 140 valence electrons. The van der Waals surface area contributed by atoms with Gasteiger partial charge in [-0.15, -0.1) is 12.4 Å². The van der Waals surface area contributed by atoms with Gasteiger partial charge in [-0.1, -0.05) is 6.07 Å². The molecule has 25 heavy (non-hydrogen) atoms. The van der Waals surface area contributed by atoms with Crippen molar-refractivity contribution in [3.63, 3.8) is 0 Å². The first-order valence-electron chi connectivity index (χ1n) is 8.16. The van der Waals surface area contributed by atoms with E-state index in [2.05, 4.69) is 5.32 Å². The van der Waals surface area contributed by atoms with Crippen LogP contribution < -0.4 is 5.32 Å². The molecule has 0 aromatic heterocycles. The van der Waals surface area contributed by atoms with E-state index in [1.54, 1.807) is 17.9 Å². The summed E-state index contributed by atoms with van der Waals surface area (Å²) in [5.41, 5.74) is 0.695. The molecule has 0 aliphatic carbocycles. The van der Waals surface area contributed by atoms with Crippen molar-refractivity contribution < 1.29 is 17.6 Å². The number of carbonyl (C=O) groups excluding carboxylic acids is 1. The number of nitrogens with one attached hydrogen (secondary N) is 1. The van der Waals surface area contributed by atoms with Crippen molar-refractivity contribution in [3.8, 4) is 0 Å². The van der Waals surface area contributed by atoms with Crippen LogP contribution in [0.5, 0.6) is 0 Å². The summed E-state index contributed by atoms with van der Waals surface area (Å²) in [5, 5.41) is 3.01. The van der Waals surface area contributed by atoms with Crippen molar-refractivity contribution in [2.24, 2.45) is 0 Å². The molecule has 2 aliphatic rings. The quantitative estimate of drug-likeness (QED) is 0.838. The van der Waals surface area contributed by atoms with Crippen molar-refractivity contribution in [3.05, 3.63) is 29.6 Å². The highest BCUT2D eigenvalue weighted by atomic mass is 35.5. The molecule has 1 N–H and O–H groups in total. The molecule has 2 saturated heterocycles. The lowest BCUT2D eigenvalue weighted by atomic mass is 10.1. The Bertz CT molecular complexity index is 744. The third-order valence-corrected chi connectivity index (χ3v) is 6.51. The van der Waals surface area contributed by atoms with Gasteiger partial charge in [0.15, 0.2) is 0 Å². The maximum Gasteiger partial charge on any atom is 0.246 e. The van der Waals surface area contributed by atoms with E-state index >= 15 is 0 Å². The average Bonchev–Trinajstić information content (AvgIpc) is 2.57. The van der Waals surface area contributed by atoms with Crippen molar-refractivity contribution in [1.29, 1.82) is 0 Å². The van der Waals surface area contributed by atoms with E-state index in [1.807, 2.05) is 0 Å². The van der Waals surface area contributed by atoms with E-state index in [0.717, 1.165) is 6.42 Å². The highest BCUT2D eigenvalue weighted by molar-refractivity contribution is 7.89. The Balaban J connectivity index is 0.00000225. The van der Waals surface area contributed by atoms with Crippen molar-refractivity contribution in [2.45, 2.75) is 30.7 Å². The normalized spacial score (nSPS) is 22.6. The number of aryl methyl sites for hydroxylation is 1. The molecular weight excluding hydrogens is 369 g/mol. The fraction of sp³-hybridized carbons (Fsp3) is 0.562. The van der Waals surface area contributed by atoms with Gasteiger partial charge in [0.1, 0.15) is 10.7 Å². The van der Waals surface area contributed by atoms with Crippen LogP contribution in [0, 0.1) is 12.7 Å². The molecule has 2 heterocycles. The molecule has 0 bridgehead atoms. The number of amides is 1. The van der Waals surface area contributed by atoms with Gasteiger partial charge < -0.3 is 10.2 Å². The first-order chi connectivity index (χ1) is 11.4. The Kier molecular flexibility index (Phi) is 6.42. The second kappa shape index (κ2) is 7.99. The Morgan fingerprint density at radius 2 is 2.04 bits per heavy atom. The minimum atomic E-state index is -3.90. The summed E-state index contributed by atoms with van der Waals surface area (Å²) in [6, 6.07) is 3.96. The third-order valence-electron chi connectivity index (χ3n) is 4.63. The molecule has 1 unspecified atom stereocenters. The summed E-state index contributed by atoms with van der Waals surface area (Å²) in [7, 11) is -3.90. The monoisotopic (exact) mass is 391 g/mol. The van der Waals surface area contributed by atoms with Gasteiger partial charge in [0, 0.05) is 32.2 Å². The van der Waals surface area contributed by atoms with Gasteiger partial charge in [-0.2, -0.15) is 4.31 Å². The molecular formula is C16H23ClFN3O3S. The molecule has 6 nitrogen and oxygen atoms in total. The summed E-state index contributed by atoms with van der Waals surface area (Å²) in [6.45, 7) is 3.89. The minimum absolute atomic E-state index is 0. The predicted octanol–water partition coefficient (Wildman–Crippen LogP) is 1.14. The maximum absolute atomic E-state index is 14.1. The molecule has 0 radical (unpaired) electrons. The van der Waals surface area contributed by atoms with E-state index in [1.165, 1.54) is 16.4 Å². The van der Waals surface area contributed by atoms with Gasteiger partial charge in [-0.05, 0) is 37.5 Å². The van der Waals surface area contributed by atoms with Crippen LogP contribution in [0.4, 0.5) is 4.39 Å². The second-order valence-electron chi connectivity index (χ2n) is 6.36. The third kappa shape index (κ3) is 4.13. The number of hydrogen-bond acceptors (Lipinski definition) is 4. The zero-order valence-electron chi connectivity index (χ0n) is 14.1. The molecule has 2 aliphatic heterocycles. The summed E-state index contributed by atoms with van der Waals surface area (Å²) < 4.78 is 41.0. The lowest BCUT2D eigenvalue weighted by Crippen LogP contribution is -2.57. The summed E-state index contributed by atoms with van der Waals surface area (Å²) in [6.07, 6.45) is 1.43. The van der Waals surface area contributed by atoms with Crippen molar-refractivity contribution >= 4 is 28.3 Å². The minimum Gasteiger partial charge on any atom is -0.336 e. The van der Waals surface area contributed by atoms with Gasteiger partial charge in [-0.3, -0.25) is 4.79 Å². The van der Waals surface area contributed by atoms with Gasteiger partial charge in [0.05, 0.1) is 6.54 Å². The predicted molar refractivity (Wildman–Crippen MR) is 94.7 cm³/mol. The summed E-state index contributed by atoms with van der Waals surface area (Å²) in [4.78, 5) is 13.5. The van der Waals surface area contributed by atoms with Crippen molar-refractivity contribution in [2.75, 3.05) is 32.7 Å². The molecule has 9 heteroatoms. The topological polar surface area (TPSA) is 69.7 Å². The number of nitrogens with zero attached hydrogens (tertiary/aromatic N) is 2. The molecule has 1 aromatic carbocycles. The SMILES string of the molecule is Cc1ccc(F)c(S(=O)(=O)N2CCCC(N3CCNCC3=O)C2)c1.Cl. The summed E-state index contributed by atoms with van der Waals surface area (Å²) >= 11 is 0. The van der Waals surface area contributed by atoms with Crippen LogP contribution in [0.3, 0.4) is 0 Å². The molecule has 2 fully saturated rings. The van der Waals surface area contributed by atoms with Crippen LogP contribution in [0.1, 0.15) is 18.4 Å². The van der Waals surface area contributed by atoms with Crippen LogP contribution in [0.25, 0.3) is 0 Å². The number of hydrogen-bond donors (Lipinski definition) is 1. The van der Waals surface area contributed by atoms with E-state index in [9.17, 15) is 17.6 Å². The maximum atomic E-state index is 14.1. The Labute approximate surface area is 153 Å². The van der Waals surface area contributed by atoms with E-state index < -0.39 is 15.8 Å². The Hall–Kier alpha value is -1.22. The number of rotatable bonds is 3.